The van der Waals surface area contributed by atoms with Gasteiger partial charge in [0.2, 0.25) is 0 Å². The molecule has 1 fully saturated rings. The highest BCUT2D eigenvalue weighted by Gasteiger charge is 2.44. The average molecular weight is 380 g/mol. The van der Waals surface area contributed by atoms with Crippen LogP contribution in [0.15, 0.2) is 41.8 Å². The highest BCUT2D eigenvalue weighted by molar-refractivity contribution is 7.10. The van der Waals surface area contributed by atoms with Crippen LogP contribution in [0.25, 0.3) is 6.08 Å². The van der Waals surface area contributed by atoms with Crippen LogP contribution in [0, 0.1) is 19.8 Å². The molecule has 2 unspecified atom stereocenters. The number of rotatable bonds is 3. The second-order valence-electron chi connectivity index (χ2n) is 6.97. The van der Waals surface area contributed by atoms with Gasteiger partial charge in [0.1, 0.15) is 11.9 Å². The van der Waals surface area contributed by atoms with E-state index < -0.39 is 5.97 Å². The molecule has 0 radical (unpaired) electrons. The predicted molar refractivity (Wildman–Crippen MR) is 105 cm³/mol. The van der Waals surface area contributed by atoms with Gasteiger partial charge in [0.25, 0.3) is 0 Å². The highest BCUT2D eigenvalue weighted by atomic mass is 32.1. The van der Waals surface area contributed by atoms with E-state index in [1.165, 1.54) is 11.6 Å². The van der Waals surface area contributed by atoms with Gasteiger partial charge in [-0.2, -0.15) is 0 Å². The maximum atomic E-state index is 12.3. The minimum absolute atomic E-state index is 0.00720. The molecular formula is C22H20O4S. The average Bonchev–Trinajstić information content (AvgIpc) is 3.26. The molecule has 2 atom stereocenters. The zero-order chi connectivity index (χ0) is 19.1. The Morgan fingerprint density at radius 3 is 2.96 bits per heavy atom. The summed E-state index contributed by atoms with van der Waals surface area (Å²) < 4.78 is 11.2. The first-order chi connectivity index (χ1) is 13.0. The predicted octanol–water partition coefficient (Wildman–Crippen LogP) is 4.70. The van der Waals surface area contributed by atoms with Crippen molar-refractivity contribution in [3.8, 4) is 5.75 Å². The molecule has 0 bridgehead atoms. The number of fused-ring (bicyclic) bond motifs is 3. The standard InChI is InChI=1S/C22H20O4S/c1-12-11-18(25-19(23)9-6-15-5-4-10-27-15)14(3)20-16(12)7-8-17-13(2)22(24)26-21(17)20/h4-6,9-11,17,21H,2,7-8H2,1,3H3. The molecular weight excluding hydrogens is 360 g/mol. The highest BCUT2D eigenvalue weighted by Crippen LogP contribution is 2.49. The Kier molecular flexibility index (Phi) is 4.48. The van der Waals surface area contributed by atoms with Crippen LogP contribution in [0.1, 0.15) is 39.7 Å². The van der Waals surface area contributed by atoms with Gasteiger partial charge in [-0.05, 0) is 67.0 Å². The maximum absolute atomic E-state index is 12.3. The molecule has 0 saturated carbocycles. The van der Waals surface area contributed by atoms with E-state index >= 15 is 0 Å². The van der Waals surface area contributed by atoms with Gasteiger partial charge in [-0.1, -0.05) is 12.6 Å². The Morgan fingerprint density at radius 2 is 2.22 bits per heavy atom. The van der Waals surface area contributed by atoms with Crippen molar-refractivity contribution in [2.24, 2.45) is 5.92 Å². The molecule has 1 saturated heterocycles. The summed E-state index contributed by atoms with van der Waals surface area (Å²) in [6.07, 6.45) is 4.57. The van der Waals surface area contributed by atoms with Crippen LogP contribution < -0.4 is 4.74 Å². The molecule has 4 rings (SSSR count). The van der Waals surface area contributed by atoms with Crippen molar-refractivity contribution in [1.29, 1.82) is 0 Å². The van der Waals surface area contributed by atoms with Crippen LogP contribution in [0.3, 0.4) is 0 Å². The Morgan fingerprint density at radius 1 is 1.41 bits per heavy atom. The van der Waals surface area contributed by atoms with E-state index in [0.717, 1.165) is 34.4 Å². The van der Waals surface area contributed by atoms with Crippen molar-refractivity contribution in [3.63, 3.8) is 0 Å². The molecule has 5 heteroatoms. The molecule has 2 aromatic rings. The minimum atomic E-state index is -0.425. The first kappa shape index (κ1) is 17.7. The maximum Gasteiger partial charge on any atom is 0.336 e. The number of aryl methyl sites for hydroxylation is 1. The van der Waals surface area contributed by atoms with Crippen LogP contribution in [-0.2, 0) is 20.7 Å². The Hall–Kier alpha value is -2.66. The summed E-state index contributed by atoms with van der Waals surface area (Å²) in [7, 11) is 0. The third kappa shape index (κ3) is 3.12. The molecule has 0 amide bonds. The van der Waals surface area contributed by atoms with E-state index in [0.29, 0.717) is 11.3 Å². The number of benzene rings is 1. The molecule has 2 heterocycles. The second-order valence-corrected chi connectivity index (χ2v) is 7.95. The first-order valence-corrected chi connectivity index (χ1v) is 9.80. The van der Waals surface area contributed by atoms with Gasteiger partial charge in [0.15, 0.2) is 0 Å². The fourth-order valence-electron chi connectivity index (χ4n) is 3.96. The smallest absolute Gasteiger partial charge is 0.336 e. The summed E-state index contributed by atoms with van der Waals surface area (Å²) in [6.45, 7) is 7.82. The zero-order valence-corrected chi connectivity index (χ0v) is 16.1. The summed E-state index contributed by atoms with van der Waals surface area (Å²) in [4.78, 5) is 25.2. The van der Waals surface area contributed by atoms with E-state index in [9.17, 15) is 9.59 Å². The largest absolute Gasteiger partial charge is 0.453 e. The summed E-state index contributed by atoms with van der Waals surface area (Å²) in [5, 5.41) is 1.95. The lowest BCUT2D eigenvalue weighted by molar-refractivity contribution is -0.139. The number of carbonyl (C=O) groups excluding carboxylic acids is 2. The van der Waals surface area contributed by atoms with Crippen molar-refractivity contribution >= 4 is 29.4 Å². The molecule has 0 spiro atoms. The van der Waals surface area contributed by atoms with E-state index in [2.05, 4.69) is 6.58 Å². The lowest BCUT2D eigenvalue weighted by atomic mass is 9.76. The second kappa shape index (κ2) is 6.82. The van der Waals surface area contributed by atoms with E-state index in [4.69, 9.17) is 9.47 Å². The lowest BCUT2D eigenvalue weighted by Gasteiger charge is -2.30. The Balaban J connectivity index is 1.65. The minimum Gasteiger partial charge on any atom is -0.453 e. The number of ether oxygens (including phenoxy) is 2. The quantitative estimate of drug-likeness (QED) is 0.440. The number of hydrogen-bond acceptors (Lipinski definition) is 5. The van der Waals surface area contributed by atoms with Crippen LogP contribution in [0.4, 0.5) is 0 Å². The zero-order valence-electron chi connectivity index (χ0n) is 15.3. The Bertz CT molecular complexity index is 969. The van der Waals surface area contributed by atoms with Crippen LogP contribution in [0.2, 0.25) is 0 Å². The third-order valence-corrected chi connectivity index (χ3v) is 6.20. The van der Waals surface area contributed by atoms with Crippen molar-refractivity contribution in [2.75, 3.05) is 0 Å². The van der Waals surface area contributed by atoms with Crippen molar-refractivity contribution in [2.45, 2.75) is 32.8 Å². The molecule has 27 heavy (non-hydrogen) atoms. The van der Waals surface area contributed by atoms with Gasteiger partial charge in [-0.3, -0.25) is 0 Å². The molecule has 1 aliphatic heterocycles. The van der Waals surface area contributed by atoms with Gasteiger partial charge >= 0.3 is 11.9 Å². The van der Waals surface area contributed by atoms with Gasteiger partial charge in [-0.15, -0.1) is 11.3 Å². The van der Waals surface area contributed by atoms with E-state index in [1.54, 1.807) is 17.4 Å². The summed E-state index contributed by atoms with van der Waals surface area (Å²) in [6, 6.07) is 5.76. The normalized spacial score (nSPS) is 21.1. The SMILES string of the molecule is C=C1C(=O)OC2c3c(C)c(OC(=O)C=Cc4cccs4)cc(C)c3CCC12. The molecule has 138 valence electrons. The van der Waals surface area contributed by atoms with E-state index in [1.807, 2.05) is 37.4 Å². The lowest BCUT2D eigenvalue weighted by Crippen LogP contribution is -2.21. The summed E-state index contributed by atoms with van der Waals surface area (Å²) in [5.74, 6) is -0.226. The number of carbonyl (C=O) groups is 2. The molecule has 1 aliphatic carbocycles. The number of esters is 2. The summed E-state index contributed by atoms with van der Waals surface area (Å²) in [5.41, 5.74) is 4.61. The fourth-order valence-corrected chi connectivity index (χ4v) is 4.58. The summed E-state index contributed by atoms with van der Waals surface area (Å²) >= 11 is 1.55. The molecule has 4 nitrogen and oxygen atoms in total. The number of hydrogen-bond donors (Lipinski definition) is 0. The van der Waals surface area contributed by atoms with Gasteiger partial charge in [0, 0.05) is 28.0 Å². The van der Waals surface area contributed by atoms with Crippen LogP contribution in [0.5, 0.6) is 5.75 Å². The van der Waals surface area contributed by atoms with Crippen LogP contribution >= 0.6 is 11.3 Å². The fraction of sp³-hybridized carbons (Fsp3) is 0.273. The molecule has 1 aromatic carbocycles. The molecule has 0 N–H and O–H groups in total. The van der Waals surface area contributed by atoms with Crippen LogP contribution in [-0.4, -0.2) is 11.9 Å². The number of thiophene rings is 1. The topological polar surface area (TPSA) is 52.6 Å². The van der Waals surface area contributed by atoms with Crippen molar-refractivity contribution in [3.05, 3.63) is 68.9 Å². The molecule has 2 aliphatic rings. The van der Waals surface area contributed by atoms with Gasteiger partial charge in [-0.25, -0.2) is 9.59 Å². The monoisotopic (exact) mass is 380 g/mol. The third-order valence-electron chi connectivity index (χ3n) is 5.36. The first-order valence-electron chi connectivity index (χ1n) is 8.92. The van der Waals surface area contributed by atoms with Gasteiger partial charge in [0.05, 0.1) is 0 Å². The van der Waals surface area contributed by atoms with E-state index in [-0.39, 0.29) is 18.0 Å². The Labute approximate surface area is 162 Å². The van der Waals surface area contributed by atoms with Crippen molar-refractivity contribution < 1.29 is 19.1 Å². The van der Waals surface area contributed by atoms with Crippen molar-refractivity contribution in [1.82, 2.24) is 0 Å². The van der Waals surface area contributed by atoms with Gasteiger partial charge < -0.3 is 9.47 Å². The molecule has 1 aromatic heterocycles.